The zero-order valence-corrected chi connectivity index (χ0v) is 14.2. The van der Waals surface area contributed by atoms with Crippen molar-refractivity contribution in [2.75, 3.05) is 6.61 Å². The number of aryl methyl sites for hydroxylation is 1. The van der Waals surface area contributed by atoms with Crippen molar-refractivity contribution in [2.45, 2.75) is 53.0 Å². The highest BCUT2D eigenvalue weighted by molar-refractivity contribution is 5.76. The molecule has 0 aromatic carbocycles. The Morgan fingerprint density at radius 3 is 2.57 bits per heavy atom. The number of amides is 1. The second kappa shape index (κ2) is 8.49. The normalized spacial score (nSPS) is 12.0. The average Bonchev–Trinajstić information content (AvgIpc) is 2.46. The molecular formula is C17H25N3O3. The molecule has 1 rings (SSSR count). The van der Waals surface area contributed by atoms with Gasteiger partial charge in [0.25, 0.3) is 5.56 Å². The van der Waals surface area contributed by atoms with Crippen LogP contribution in [0.1, 0.15) is 49.1 Å². The van der Waals surface area contributed by atoms with Crippen molar-refractivity contribution in [2.24, 2.45) is 5.92 Å². The van der Waals surface area contributed by atoms with Crippen LogP contribution in [0.5, 0.6) is 0 Å². The van der Waals surface area contributed by atoms with Crippen molar-refractivity contribution in [1.29, 1.82) is 5.26 Å². The number of hydrogen-bond donors (Lipinski definition) is 3. The molecule has 126 valence electrons. The van der Waals surface area contributed by atoms with Gasteiger partial charge in [0, 0.05) is 24.8 Å². The van der Waals surface area contributed by atoms with Gasteiger partial charge in [0.2, 0.25) is 5.91 Å². The van der Waals surface area contributed by atoms with Crippen molar-refractivity contribution < 1.29 is 9.90 Å². The van der Waals surface area contributed by atoms with E-state index >= 15 is 0 Å². The molecule has 6 nitrogen and oxygen atoms in total. The van der Waals surface area contributed by atoms with E-state index in [1.54, 1.807) is 13.8 Å². The highest BCUT2D eigenvalue weighted by Gasteiger charge is 2.17. The van der Waals surface area contributed by atoms with Gasteiger partial charge in [-0.3, -0.25) is 9.59 Å². The Morgan fingerprint density at radius 2 is 2.04 bits per heavy atom. The molecule has 1 aromatic rings. The Bertz CT molecular complexity index is 656. The quantitative estimate of drug-likeness (QED) is 0.704. The molecule has 6 heteroatoms. The number of aromatic nitrogens is 1. The maximum atomic E-state index is 12.1. The van der Waals surface area contributed by atoms with Gasteiger partial charge in [0.15, 0.2) is 0 Å². The minimum atomic E-state index is -0.390. The van der Waals surface area contributed by atoms with E-state index in [4.69, 9.17) is 10.4 Å². The number of pyridine rings is 1. The van der Waals surface area contributed by atoms with Gasteiger partial charge in [-0.2, -0.15) is 5.26 Å². The lowest BCUT2D eigenvalue weighted by Crippen LogP contribution is -2.39. The van der Waals surface area contributed by atoms with Gasteiger partial charge in [-0.05, 0) is 43.7 Å². The lowest BCUT2D eigenvalue weighted by Gasteiger charge is -2.21. The first-order valence-electron chi connectivity index (χ1n) is 7.84. The molecule has 0 radical (unpaired) electrons. The van der Waals surface area contributed by atoms with E-state index in [1.165, 1.54) is 0 Å². The summed E-state index contributed by atoms with van der Waals surface area (Å²) in [5.41, 5.74) is 1.87. The second-order valence-corrected chi connectivity index (χ2v) is 6.10. The largest absolute Gasteiger partial charge is 0.396 e. The fraction of sp³-hybridized carbons (Fsp3) is 0.588. The number of nitrogens with zero attached hydrogens (tertiary/aromatic N) is 1. The molecule has 0 aliphatic carbocycles. The van der Waals surface area contributed by atoms with Gasteiger partial charge in [-0.1, -0.05) is 13.8 Å². The summed E-state index contributed by atoms with van der Waals surface area (Å²) in [7, 11) is 0. The number of aliphatic hydroxyl groups is 1. The molecule has 0 fully saturated rings. The first-order chi connectivity index (χ1) is 10.8. The third-order valence-corrected chi connectivity index (χ3v) is 4.11. The molecule has 1 unspecified atom stereocenters. The van der Waals surface area contributed by atoms with Gasteiger partial charge in [-0.25, -0.2) is 0 Å². The Balaban J connectivity index is 2.81. The summed E-state index contributed by atoms with van der Waals surface area (Å²) in [4.78, 5) is 26.5. The molecule has 0 spiro atoms. The first kappa shape index (κ1) is 18.9. The van der Waals surface area contributed by atoms with Gasteiger partial charge >= 0.3 is 0 Å². The molecule has 0 aliphatic rings. The van der Waals surface area contributed by atoms with E-state index in [1.807, 2.05) is 19.9 Å². The molecule has 23 heavy (non-hydrogen) atoms. The summed E-state index contributed by atoms with van der Waals surface area (Å²) in [6.07, 6.45) is 1.25. The second-order valence-electron chi connectivity index (χ2n) is 6.10. The first-order valence-corrected chi connectivity index (χ1v) is 7.84. The maximum absolute atomic E-state index is 12.1. The van der Waals surface area contributed by atoms with Crippen LogP contribution in [0.4, 0.5) is 0 Å². The van der Waals surface area contributed by atoms with Crippen LogP contribution in [-0.2, 0) is 11.2 Å². The molecule has 1 amide bonds. The van der Waals surface area contributed by atoms with Crippen molar-refractivity contribution in [3.63, 3.8) is 0 Å². The number of nitrogens with one attached hydrogen (secondary N) is 2. The summed E-state index contributed by atoms with van der Waals surface area (Å²) in [5, 5.41) is 21.0. The van der Waals surface area contributed by atoms with E-state index in [2.05, 4.69) is 10.3 Å². The average molecular weight is 319 g/mol. The molecule has 0 aliphatic heterocycles. The summed E-state index contributed by atoms with van der Waals surface area (Å²) in [5.74, 6) is 0.147. The van der Waals surface area contributed by atoms with Crippen molar-refractivity contribution >= 4 is 5.91 Å². The summed E-state index contributed by atoms with van der Waals surface area (Å²) in [6, 6.07) is 1.85. The minimum Gasteiger partial charge on any atom is -0.396 e. The smallest absolute Gasteiger partial charge is 0.266 e. The number of hydrogen-bond acceptors (Lipinski definition) is 4. The molecule has 0 saturated heterocycles. The monoisotopic (exact) mass is 319 g/mol. The predicted molar refractivity (Wildman–Crippen MR) is 88.0 cm³/mol. The molecular weight excluding hydrogens is 294 g/mol. The molecule has 0 saturated carbocycles. The van der Waals surface area contributed by atoms with Crippen molar-refractivity contribution in [3.8, 4) is 6.07 Å². The standard InChI is InChI=1S/C17H25N3O3/c1-10(2)15(7-8-21)20-16(22)6-5-13-11(3)14(9-18)17(23)19-12(13)4/h10,15,21H,5-8H2,1-4H3,(H,19,23)(H,20,22). The van der Waals surface area contributed by atoms with Crippen LogP contribution < -0.4 is 10.9 Å². The predicted octanol–water partition coefficient (Wildman–Crippen LogP) is 1.32. The number of aromatic amines is 1. The number of carbonyl (C=O) groups excluding carboxylic acids is 1. The summed E-state index contributed by atoms with van der Waals surface area (Å²) in [6.45, 7) is 7.53. The van der Waals surface area contributed by atoms with Crippen molar-refractivity contribution in [1.82, 2.24) is 10.3 Å². The zero-order valence-electron chi connectivity index (χ0n) is 14.2. The van der Waals surface area contributed by atoms with Crippen LogP contribution >= 0.6 is 0 Å². The zero-order chi connectivity index (χ0) is 17.6. The third kappa shape index (κ3) is 4.93. The van der Waals surface area contributed by atoms with Crippen LogP contribution in [0.25, 0.3) is 0 Å². The lowest BCUT2D eigenvalue weighted by molar-refractivity contribution is -0.122. The van der Waals surface area contributed by atoms with E-state index in [-0.39, 0.29) is 36.5 Å². The maximum Gasteiger partial charge on any atom is 0.266 e. The van der Waals surface area contributed by atoms with E-state index in [9.17, 15) is 9.59 Å². The SMILES string of the molecule is Cc1[nH]c(=O)c(C#N)c(C)c1CCC(=O)NC(CCO)C(C)C. The fourth-order valence-corrected chi connectivity index (χ4v) is 2.65. The summed E-state index contributed by atoms with van der Waals surface area (Å²) < 4.78 is 0. The lowest BCUT2D eigenvalue weighted by atomic mass is 9.98. The number of carbonyl (C=O) groups is 1. The van der Waals surface area contributed by atoms with Crippen LogP contribution in [0.2, 0.25) is 0 Å². The van der Waals surface area contributed by atoms with Crippen LogP contribution in [0, 0.1) is 31.1 Å². The Hall–Kier alpha value is -2.13. The third-order valence-electron chi connectivity index (χ3n) is 4.11. The Kier molecular flexibility index (Phi) is 6.98. The molecule has 1 aromatic heterocycles. The number of aliphatic hydroxyl groups excluding tert-OH is 1. The van der Waals surface area contributed by atoms with Gasteiger partial charge in [-0.15, -0.1) is 0 Å². The number of rotatable bonds is 7. The molecule has 3 N–H and O–H groups in total. The van der Waals surface area contributed by atoms with Crippen LogP contribution in [-0.4, -0.2) is 28.6 Å². The van der Waals surface area contributed by atoms with Gasteiger partial charge < -0.3 is 15.4 Å². The Labute approximate surface area is 136 Å². The Morgan fingerprint density at radius 1 is 1.39 bits per heavy atom. The minimum absolute atomic E-state index is 0.0345. The molecule has 0 bridgehead atoms. The van der Waals surface area contributed by atoms with E-state index in [0.29, 0.717) is 24.1 Å². The van der Waals surface area contributed by atoms with E-state index in [0.717, 1.165) is 5.56 Å². The van der Waals surface area contributed by atoms with Crippen LogP contribution in [0.3, 0.4) is 0 Å². The molecule has 1 heterocycles. The van der Waals surface area contributed by atoms with Gasteiger partial charge in [0.05, 0.1) is 0 Å². The number of nitriles is 1. The van der Waals surface area contributed by atoms with Crippen molar-refractivity contribution in [3.05, 3.63) is 32.7 Å². The highest BCUT2D eigenvalue weighted by Crippen LogP contribution is 2.15. The topological polar surface area (TPSA) is 106 Å². The van der Waals surface area contributed by atoms with Crippen LogP contribution in [0.15, 0.2) is 4.79 Å². The van der Waals surface area contributed by atoms with Gasteiger partial charge in [0.1, 0.15) is 11.6 Å². The fourth-order valence-electron chi connectivity index (χ4n) is 2.65. The van der Waals surface area contributed by atoms with E-state index < -0.39 is 5.56 Å². The highest BCUT2D eigenvalue weighted by atomic mass is 16.3. The molecule has 1 atom stereocenters. The summed E-state index contributed by atoms with van der Waals surface area (Å²) >= 11 is 0. The number of H-pyrrole nitrogens is 1.